The quantitative estimate of drug-likeness (QED) is 0.705. The number of rotatable bonds is 7. The van der Waals surface area contributed by atoms with E-state index < -0.39 is 10.0 Å². The Balaban J connectivity index is 1.44. The molecule has 2 aliphatic rings. The van der Waals surface area contributed by atoms with Crippen molar-refractivity contribution in [3.05, 3.63) is 30.3 Å². The average Bonchev–Trinajstić information content (AvgIpc) is 2.73. The van der Waals surface area contributed by atoms with E-state index in [1.54, 1.807) is 30.3 Å². The van der Waals surface area contributed by atoms with E-state index in [0.717, 1.165) is 44.8 Å². The fourth-order valence-corrected chi connectivity index (χ4v) is 5.61. The van der Waals surface area contributed by atoms with Crippen molar-refractivity contribution in [2.24, 2.45) is 11.8 Å². The molecule has 1 aromatic rings. The number of sulfonamides is 1. The van der Waals surface area contributed by atoms with Gasteiger partial charge in [-0.05, 0) is 69.8 Å². The lowest BCUT2D eigenvalue weighted by atomic mass is 9.98. The minimum absolute atomic E-state index is 0.0137. The molecule has 0 unspecified atom stereocenters. The van der Waals surface area contributed by atoms with Gasteiger partial charge in [0.15, 0.2) is 0 Å². The molecule has 3 rings (SSSR count). The lowest BCUT2D eigenvalue weighted by Crippen LogP contribution is -2.45. The van der Waals surface area contributed by atoms with Crippen molar-refractivity contribution < 1.29 is 13.2 Å². The molecule has 1 aromatic carbocycles. The third kappa shape index (κ3) is 5.55. The highest BCUT2D eigenvalue weighted by Gasteiger charge is 2.33. The van der Waals surface area contributed by atoms with E-state index in [9.17, 15) is 13.2 Å². The molecule has 0 radical (unpaired) electrons. The fourth-order valence-electron chi connectivity index (χ4n) is 4.06. The molecular weight excluding hydrogens is 374 g/mol. The third-order valence-electron chi connectivity index (χ3n) is 5.96. The molecular formula is C21H33N3O3S. The van der Waals surface area contributed by atoms with E-state index in [0.29, 0.717) is 18.0 Å². The molecule has 0 aromatic heterocycles. The van der Waals surface area contributed by atoms with Crippen LogP contribution in [0.4, 0.5) is 0 Å². The first kappa shape index (κ1) is 21.3. The second kappa shape index (κ2) is 9.85. The predicted molar refractivity (Wildman–Crippen MR) is 110 cm³/mol. The molecule has 0 aliphatic carbocycles. The Labute approximate surface area is 169 Å². The van der Waals surface area contributed by atoms with Crippen molar-refractivity contribution in [1.82, 2.24) is 14.5 Å². The largest absolute Gasteiger partial charge is 0.356 e. The van der Waals surface area contributed by atoms with E-state index >= 15 is 0 Å². The van der Waals surface area contributed by atoms with Crippen LogP contribution in [-0.4, -0.2) is 62.8 Å². The Bertz CT molecular complexity index is 731. The zero-order valence-corrected chi connectivity index (χ0v) is 17.7. The maximum atomic E-state index is 12.8. The van der Waals surface area contributed by atoms with E-state index in [2.05, 4.69) is 17.1 Å². The molecule has 1 atom stereocenters. The van der Waals surface area contributed by atoms with Gasteiger partial charge in [-0.2, -0.15) is 4.31 Å². The monoisotopic (exact) mass is 407 g/mol. The molecule has 2 aliphatic heterocycles. The van der Waals surface area contributed by atoms with Gasteiger partial charge < -0.3 is 10.2 Å². The van der Waals surface area contributed by atoms with Gasteiger partial charge in [0, 0.05) is 19.6 Å². The number of carbonyl (C=O) groups is 1. The molecule has 2 saturated heterocycles. The summed E-state index contributed by atoms with van der Waals surface area (Å²) in [5, 5.41) is 3.03. The minimum atomic E-state index is -3.53. The normalized spacial score (nSPS) is 22.8. The van der Waals surface area contributed by atoms with Crippen molar-refractivity contribution in [2.75, 3.05) is 39.3 Å². The van der Waals surface area contributed by atoms with Crippen LogP contribution in [0.2, 0.25) is 0 Å². The summed E-state index contributed by atoms with van der Waals surface area (Å²) in [5.74, 6) is 0.556. The number of piperidine rings is 2. The minimum Gasteiger partial charge on any atom is -0.356 e. The maximum Gasteiger partial charge on any atom is 0.243 e. The Kier molecular flexibility index (Phi) is 7.48. The molecule has 28 heavy (non-hydrogen) atoms. The Morgan fingerprint density at radius 1 is 1.11 bits per heavy atom. The smallest absolute Gasteiger partial charge is 0.243 e. The van der Waals surface area contributed by atoms with Gasteiger partial charge in [-0.1, -0.05) is 25.1 Å². The molecule has 0 spiro atoms. The summed E-state index contributed by atoms with van der Waals surface area (Å²) in [6, 6.07) is 8.48. The molecule has 1 N–H and O–H groups in total. The number of likely N-dealkylation sites (tertiary alicyclic amines) is 1. The van der Waals surface area contributed by atoms with Crippen molar-refractivity contribution in [2.45, 2.75) is 43.9 Å². The molecule has 0 saturated carbocycles. The number of benzene rings is 1. The Hall–Kier alpha value is -1.44. The number of amides is 1. The van der Waals surface area contributed by atoms with Crippen molar-refractivity contribution >= 4 is 15.9 Å². The molecule has 6 nitrogen and oxygen atoms in total. The van der Waals surface area contributed by atoms with Crippen LogP contribution in [0.25, 0.3) is 0 Å². The average molecular weight is 408 g/mol. The SMILES string of the molecule is CC1CCN(CCCNC(=O)[C@H]2CCCN(S(=O)(=O)c3ccccc3)C2)CC1. The molecule has 156 valence electrons. The fraction of sp³-hybridized carbons (Fsp3) is 0.667. The van der Waals surface area contributed by atoms with Crippen LogP contribution >= 0.6 is 0 Å². The second-order valence-corrected chi connectivity index (χ2v) is 10.1. The summed E-state index contributed by atoms with van der Waals surface area (Å²) in [4.78, 5) is 15.3. The van der Waals surface area contributed by atoms with Crippen LogP contribution in [0.1, 0.15) is 39.0 Å². The topological polar surface area (TPSA) is 69.7 Å². The van der Waals surface area contributed by atoms with E-state index in [-0.39, 0.29) is 18.4 Å². The summed E-state index contributed by atoms with van der Waals surface area (Å²) in [5.41, 5.74) is 0. The molecule has 7 heteroatoms. The standard InChI is InChI=1S/C21H33N3O3S/c1-18-10-15-23(16-11-18)13-6-12-22-21(25)19-7-5-14-24(17-19)28(26,27)20-8-3-2-4-9-20/h2-4,8-9,18-19H,5-7,10-17H2,1H3,(H,22,25)/t19-/m0/s1. The first-order valence-electron chi connectivity index (χ1n) is 10.5. The number of hydrogen-bond acceptors (Lipinski definition) is 4. The van der Waals surface area contributed by atoms with Crippen LogP contribution in [0.5, 0.6) is 0 Å². The van der Waals surface area contributed by atoms with Crippen molar-refractivity contribution in [1.29, 1.82) is 0 Å². The first-order valence-corrected chi connectivity index (χ1v) is 12.0. The van der Waals surface area contributed by atoms with Crippen LogP contribution in [0.15, 0.2) is 35.2 Å². The zero-order valence-electron chi connectivity index (χ0n) is 16.8. The van der Waals surface area contributed by atoms with Crippen molar-refractivity contribution in [3.63, 3.8) is 0 Å². The Morgan fingerprint density at radius 2 is 1.82 bits per heavy atom. The molecule has 1 amide bonds. The van der Waals surface area contributed by atoms with Gasteiger partial charge in [-0.15, -0.1) is 0 Å². The van der Waals surface area contributed by atoms with Gasteiger partial charge in [-0.3, -0.25) is 4.79 Å². The lowest BCUT2D eigenvalue weighted by Gasteiger charge is -2.31. The Morgan fingerprint density at radius 3 is 2.54 bits per heavy atom. The zero-order chi connectivity index (χ0) is 20.0. The van der Waals surface area contributed by atoms with Crippen molar-refractivity contribution in [3.8, 4) is 0 Å². The lowest BCUT2D eigenvalue weighted by molar-refractivity contribution is -0.126. The maximum absolute atomic E-state index is 12.8. The first-order chi connectivity index (χ1) is 13.5. The van der Waals surface area contributed by atoms with Gasteiger partial charge >= 0.3 is 0 Å². The van der Waals surface area contributed by atoms with Crippen LogP contribution in [-0.2, 0) is 14.8 Å². The van der Waals surface area contributed by atoms with Crippen LogP contribution < -0.4 is 5.32 Å². The molecule has 0 bridgehead atoms. The summed E-state index contributed by atoms with van der Waals surface area (Å²) >= 11 is 0. The number of nitrogens with zero attached hydrogens (tertiary/aromatic N) is 2. The van der Waals surface area contributed by atoms with Crippen LogP contribution in [0, 0.1) is 11.8 Å². The predicted octanol–water partition coefficient (Wildman–Crippen LogP) is 2.33. The third-order valence-corrected chi connectivity index (χ3v) is 7.84. The van der Waals surface area contributed by atoms with E-state index in [1.807, 2.05) is 0 Å². The number of hydrogen-bond donors (Lipinski definition) is 1. The highest BCUT2D eigenvalue weighted by Crippen LogP contribution is 2.23. The molecule has 2 heterocycles. The summed E-state index contributed by atoms with van der Waals surface area (Å²) < 4.78 is 27.1. The highest BCUT2D eigenvalue weighted by molar-refractivity contribution is 7.89. The van der Waals surface area contributed by atoms with Gasteiger partial charge in [-0.25, -0.2) is 8.42 Å². The van der Waals surface area contributed by atoms with Gasteiger partial charge in [0.25, 0.3) is 0 Å². The summed E-state index contributed by atoms with van der Waals surface area (Å²) in [7, 11) is -3.53. The van der Waals surface area contributed by atoms with Crippen LogP contribution in [0.3, 0.4) is 0 Å². The van der Waals surface area contributed by atoms with Gasteiger partial charge in [0.05, 0.1) is 10.8 Å². The van der Waals surface area contributed by atoms with E-state index in [1.165, 1.54) is 17.1 Å². The number of nitrogens with one attached hydrogen (secondary N) is 1. The van der Waals surface area contributed by atoms with Gasteiger partial charge in [0.1, 0.15) is 0 Å². The van der Waals surface area contributed by atoms with Gasteiger partial charge in [0.2, 0.25) is 15.9 Å². The summed E-state index contributed by atoms with van der Waals surface area (Å²) in [6.07, 6.45) is 4.94. The summed E-state index contributed by atoms with van der Waals surface area (Å²) in [6.45, 7) is 7.05. The second-order valence-electron chi connectivity index (χ2n) is 8.18. The van der Waals surface area contributed by atoms with E-state index in [4.69, 9.17) is 0 Å². The number of carbonyl (C=O) groups excluding carboxylic acids is 1. The molecule has 2 fully saturated rings. The highest BCUT2D eigenvalue weighted by atomic mass is 32.2.